The predicted octanol–water partition coefficient (Wildman–Crippen LogP) is 3.13. The maximum atomic E-state index is 4.88. The molecule has 0 atom stereocenters. The number of benzene rings is 1. The summed E-state index contributed by atoms with van der Waals surface area (Å²) in [5.74, 6) is 0. The summed E-state index contributed by atoms with van der Waals surface area (Å²) in [7, 11) is 0. The van der Waals surface area contributed by atoms with Crippen molar-refractivity contribution in [2.75, 3.05) is 0 Å². The lowest BCUT2D eigenvalue weighted by Gasteiger charge is -1.98. The smallest absolute Gasteiger partial charge is 0.0491 e. The summed E-state index contributed by atoms with van der Waals surface area (Å²) in [6, 6.07) is 8.13. The fourth-order valence-electron chi connectivity index (χ4n) is 0.946. The molecule has 0 unspecified atom stereocenters. The van der Waals surface area contributed by atoms with Crippen LogP contribution in [0.25, 0.3) is 6.08 Å². The zero-order chi connectivity index (χ0) is 8.97. The van der Waals surface area contributed by atoms with Crippen LogP contribution in [0.2, 0.25) is 0 Å². The molecule has 0 bridgehead atoms. The molecule has 1 aromatic carbocycles. The van der Waals surface area contributed by atoms with E-state index in [0.717, 1.165) is 16.2 Å². The van der Waals surface area contributed by atoms with Crippen molar-refractivity contribution in [3.05, 3.63) is 42.0 Å². The van der Waals surface area contributed by atoms with Crippen LogP contribution in [0.5, 0.6) is 0 Å². The van der Waals surface area contributed by atoms with Gasteiger partial charge in [0.1, 0.15) is 0 Å². The van der Waals surface area contributed by atoms with E-state index in [1.165, 1.54) is 5.56 Å². The monoisotopic (exact) mass is 194 g/mol. The average molecular weight is 194 g/mol. The van der Waals surface area contributed by atoms with E-state index in [1.54, 1.807) is 0 Å². The molecule has 62 valence electrons. The first-order valence-electron chi connectivity index (χ1n) is 3.65. The van der Waals surface area contributed by atoms with E-state index in [0.29, 0.717) is 0 Å². The Morgan fingerprint density at radius 3 is 2.42 bits per heavy atom. The summed E-state index contributed by atoms with van der Waals surface area (Å²) in [5.41, 5.74) is 2.32. The van der Waals surface area contributed by atoms with Gasteiger partial charge in [-0.15, -0.1) is 12.6 Å². The van der Waals surface area contributed by atoms with E-state index >= 15 is 0 Å². The molecule has 0 aliphatic rings. The molecule has 0 radical (unpaired) electrons. The van der Waals surface area contributed by atoms with Crippen LogP contribution in [0.1, 0.15) is 11.1 Å². The normalized spacial score (nSPS) is 9.42. The van der Waals surface area contributed by atoms with Crippen LogP contribution < -0.4 is 0 Å². The Kier molecular flexibility index (Phi) is 3.50. The Morgan fingerprint density at radius 1 is 1.42 bits per heavy atom. The highest BCUT2D eigenvalue weighted by atomic mass is 32.1. The van der Waals surface area contributed by atoms with Crippen LogP contribution in [0.15, 0.2) is 30.8 Å². The first kappa shape index (κ1) is 9.49. The largest absolute Gasteiger partial charge is 0.136 e. The van der Waals surface area contributed by atoms with Gasteiger partial charge in [-0.2, -0.15) is 0 Å². The minimum absolute atomic E-state index is 0.723. The van der Waals surface area contributed by atoms with Gasteiger partial charge >= 0.3 is 0 Å². The average Bonchev–Trinajstić information content (AvgIpc) is 2.05. The van der Waals surface area contributed by atoms with Gasteiger partial charge in [0.25, 0.3) is 0 Å². The Labute approximate surface area is 83.7 Å². The van der Waals surface area contributed by atoms with E-state index in [1.807, 2.05) is 30.3 Å². The molecule has 1 aromatic rings. The van der Waals surface area contributed by atoms with Gasteiger partial charge in [0.15, 0.2) is 0 Å². The highest BCUT2D eigenvalue weighted by Gasteiger charge is 1.93. The van der Waals surface area contributed by atoms with Crippen molar-refractivity contribution in [3.63, 3.8) is 0 Å². The lowest BCUT2D eigenvalue weighted by molar-refractivity contribution is 1.37. The van der Waals surface area contributed by atoms with Crippen molar-refractivity contribution in [2.45, 2.75) is 6.42 Å². The fourth-order valence-corrected chi connectivity index (χ4v) is 1.30. The van der Waals surface area contributed by atoms with Gasteiger partial charge < -0.3 is 0 Å². The highest BCUT2D eigenvalue weighted by Crippen LogP contribution is 2.07. The summed E-state index contributed by atoms with van der Waals surface area (Å²) < 4.78 is 0.723. The molecule has 0 fully saturated rings. The van der Waals surface area contributed by atoms with Crippen LogP contribution in [0, 0.1) is 0 Å². The minimum Gasteiger partial charge on any atom is -0.136 e. The summed E-state index contributed by atoms with van der Waals surface area (Å²) in [6.07, 6.45) is 2.58. The van der Waals surface area contributed by atoms with Crippen molar-refractivity contribution in [1.29, 1.82) is 0 Å². The molecule has 0 saturated carbocycles. The molecule has 12 heavy (non-hydrogen) atoms. The van der Waals surface area contributed by atoms with Gasteiger partial charge in [0.2, 0.25) is 0 Å². The van der Waals surface area contributed by atoms with E-state index in [-0.39, 0.29) is 0 Å². The molecule has 0 nitrogen and oxygen atoms in total. The molecule has 0 saturated heterocycles. The van der Waals surface area contributed by atoms with E-state index in [4.69, 9.17) is 12.2 Å². The van der Waals surface area contributed by atoms with E-state index in [2.05, 4.69) is 19.2 Å². The Morgan fingerprint density at radius 2 is 2.00 bits per heavy atom. The fraction of sp³-hybridized carbons (Fsp3) is 0.100. The summed E-state index contributed by atoms with van der Waals surface area (Å²) in [4.78, 5) is 0. The van der Waals surface area contributed by atoms with Crippen LogP contribution >= 0.6 is 24.8 Å². The van der Waals surface area contributed by atoms with E-state index in [9.17, 15) is 0 Å². The zero-order valence-electron chi connectivity index (χ0n) is 6.66. The maximum absolute atomic E-state index is 4.88. The number of hydrogen-bond donors (Lipinski definition) is 1. The van der Waals surface area contributed by atoms with Crippen LogP contribution in [-0.4, -0.2) is 4.20 Å². The maximum Gasteiger partial charge on any atom is 0.0491 e. The van der Waals surface area contributed by atoms with Crippen molar-refractivity contribution in [3.8, 4) is 0 Å². The third kappa shape index (κ3) is 2.80. The SMILES string of the molecule is C=Cc1ccc(CC(=S)S)cc1. The standard InChI is InChI=1S/C10H10S2/c1-2-8-3-5-9(6-4-8)7-10(11)12/h2-6H,1,7H2,(H,11,12). The van der Waals surface area contributed by atoms with Gasteiger partial charge in [0.05, 0.1) is 0 Å². The molecular formula is C10H10S2. The summed E-state index contributed by atoms with van der Waals surface area (Å²) >= 11 is 8.95. The second-order valence-electron chi connectivity index (χ2n) is 2.52. The number of thiocarbonyl (C=S) groups is 1. The molecule has 0 aliphatic heterocycles. The van der Waals surface area contributed by atoms with Crippen molar-refractivity contribution < 1.29 is 0 Å². The number of thiol groups is 1. The number of rotatable bonds is 3. The Hall–Kier alpha value is -0.600. The van der Waals surface area contributed by atoms with Crippen molar-refractivity contribution in [2.24, 2.45) is 0 Å². The topological polar surface area (TPSA) is 0 Å². The summed E-state index contributed by atoms with van der Waals surface area (Å²) in [6.45, 7) is 3.68. The second-order valence-corrected chi connectivity index (χ2v) is 3.85. The van der Waals surface area contributed by atoms with E-state index < -0.39 is 0 Å². The highest BCUT2D eigenvalue weighted by molar-refractivity contribution is 8.11. The lowest BCUT2D eigenvalue weighted by Crippen LogP contribution is -1.90. The van der Waals surface area contributed by atoms with Gasteiger partial charge in [-0.1, -0.05) is 49.1 Å². The van der Waals surface area contributed by atoms with Crippen LogP contribution in [0.4, 0.5) is 0 Å². The lowest BCUT2D eigenvalue weighted by atomic mass is 10.1. The third-order valence-corrected chi connectivity index (χ3v) is 1.87. The molecule has 0 heterocycles. The molecule has 0 aromatic heterocycles. The van der Waals surface area contributed by atoms with Crippen molar-refractivity contribution >= 4 is 35.1 Å². The molecule has 0 spiro atoms. The van der Waals surface area contributed by atoms with Gasteiger partial charge in [-0.3, -0.25) is 0 Å². The van der Waals surface area contributed by atoms with Crippen LogP contribution in [0.3, 0.4) is 0 Å². The second kappa shape index (κ2) is 4.43. The first-order chi connectivity index (χ1) is 5.72. The molecule has 0 N–H and O–H groups in total. The van der Waals surface area contributed by atoms with Gasteiger partial charge in [-0.25, -0.2) is 0 Å². The Balaban J connectivity index is 2.77. The zero-order valence-corrected chi connectivity index (χ0v) is 8.37. The minimum atomic E-state index is 0.723. The van der Waals surface area contributed by atoms with Gasteiger partial charge in [0, 0.05) is 10.6 Å². The predicted molar refractivity (Wildman–Crippen MR) is 61.8 cm³/mol. The van der Waals surface area contributed by atoms with Crippen LogP contribution in [-0.2, 0) is 6.42 Å². The first-order valence-corrected chi connectivity index (χ1v) is 4.51. The molecular weight excluding hydrogens is 184 g/mol. The van der Waals surface area contributed by atoms with Crippen molar-refractivity contribution in [1.82, 2.24) is 0 Å². The molecule has 0 amide bonds. The molecule has 0 aliphatic carbocycles. The quantitative estimate of drug-likeness (QED) is 0.570. The number of hydrogen-bond acceptors (Lipinski definition) is 1. The third-order valence-electron chi connectivity index (χ3n) is 1.57. The Bertz CT molecular complexity index is 285. The molecule has 2 heteroatoms. The molecule has 1 rings (SSSR count). The van der Waals surface area contributed by atoms with Gasteiger partial charge in [-0.05, 0) is 11.1 Å². The summed E-state index contributed by atoms with van der Waals surface area (Å²) in [5, 5.41) is 0.